The smallest absolute Gasteiger partial charge is 0.0482 e. The Hall–Kier alpha value is -1.24. The van der Waals surface area contributed by atoms with Crippen molar-refractivity contribution in [1.29, 1.82) is 0 Å². The summed E-state index contributed by atoms with van der Waals surface area (Å²) in [6.45, 7) is 5.59. The molecule has 0 radical (unpaired) electrons. The molecule has 17 heavy (non-hydrogen) atoms. The second kappa shape index (κ2) is 5.90. The quantitative estimate of drug-likeness (QED) is 0.620. The van der Waals surface area contributed by atoms with E-state index in [0.717, 1.165) is 6.54 Å². The van der Waals surface area contributed by atoms with Crippen molar-refractivity contribution in [3.05, 3.63) is 36.0 Å². The van der Waals surface area contributed by atoms with Crippen molar-refractivity contribution in [2.75, 3.05) is 0 Å². The molecule has 1 heterocycles. The minimum Gasteiger partial charge on any atom is -0.347 e. The van der Waals surface area contributed by atoms with Crippen molar-refractivity contribution >= 4 is 10.9 Å². The Bertz CT molecular complexity index is 467. The highest BCUT2D eigenvalue weighted by molar-refractivity contribution is 5.80. The maximum absolute atomic E-state index is 2.40. The summed E-state index contributed by atoms with van der Waals surface area (Å²) < 4.78 is 2.40. The van der Waals surface area contributed by atoms with E-state index in [9.17, 15) is 0 Å². The third kappa shape index (κ3) is 3.12. The summed E-state index contributed by atoms with van der Waals surface area (Å²) in [4.78, 5) is 0. The fourth-order valence-corrected chi connectivity index (χ4v) is 2.37. The Morgan fingerprint density at radius 1 is 1.00 bits per heavy atom. The van der Waals surface area contributed by atoms with Crippen LogP contribution in [-0.2, 0) is 6.54 Å². The van der Waals surface area contributed by atoms with Gasteiger partial charge in [0.2, 0.25) is 0 Å². The average molecular weight is 229 g/mol. The molecular weight excluding hydrogens is 206 g/mol. The summed E-state index contributed by atoms with van der Waals surface area (Å²) in [6.07, 6.45) is 8.98. The van der Waals surface area contributed by atoms with Crippen LogP contribution in [0.5, 0.6) is 0 Å². The molecule has 92 valence electrons. The molecule has 0 saturated heterocycles. The first-order chi connectivity index (χ1) is 8.31. The molecule has 0 N–H and O–H groups in total. The molecule has 0 saturated carbocycles. The van der Waals surface area contributed by atoms with Crippen LogP contribution >= 0.6 is 0 Å². The number of hydrogen-bond donors (Lipinski definition) is 0. The predicted molar refractivity (Wildman–Crippen MR) is 75.4 cm³/mol. The fraction of sp³-hybridized carbons (Fsp3) is 0.500. The first kappa shape index (κ1) is 12.2. The van der Waals surface area contributed by atoms with E-state index in [4.69, 9.17) is 0 Å². The van der Waals surface area contributed by atoms with Crippen LogP contribution in [0.1, 0.15) is 44.6 Å². The number of benzene rings is 1. The van der Waals surface area contributed by atoms with Gasteiger partial charge in [-0.05, 0) is 36.4 Å². The van der Waals surface area contributed by atoms with E-state index in [1.807, 2.05) is 0 Å². The van der Waals surface area contributed by atoms with Gasteiger partial charge >= 0.3 is 0 Å². The number of nitrogens with zero attached hydrogens (tertiary/aromatic N) is 1. The van der Waals surface area contributed by atoms with Crippen LogP contribution in [0.15, 0.2) is 30.5 Å². The molecule has 0 atom stereocenters. The third-order valence-corrected chi connectivity index (χ3v) is 3.43. The Kier molecular flexibility index (Phi) is 4.24. The van der Waals surface area contributed by atoms with E-state index < -0.39 is 0 Å². The monoisotopic (exact) mass is 229 g/mol. The van der Waals surface area contributed by atoms with E-state index in [1.54, 1.807) is 0 Å². The van der Waals surface area contributed by atoms with E-state index in [0.29, 0.717) is 0 Å². The SMILES string of the molecule is CCCCCCCn1ccc2ccc(C)cc21. The topological polar surface area (TPSA) is 4.93 Å². The second-order valence-corrected chi connectivity index (χ2v) is 4.99. The van der Waals surface area contributed by atoms with Gasteiger partial charge in [-0.15, -0.1) is 0 Å². The molecule has 0 spiro atoms. The van der Waals surface area contributed by atoms with Gasteiger partial charge in [-0.1, -0.05) is 44.7 Å². The number of rotatable bonds is 6. The molecule has 0 bridgehead atoms. The first-order valence-corrected chi connectivity index (χ1v) is 6.87. The van der Waals surface area contributed by atoms with Gasteiger partial charge in [-0.3, -0.25) is 0 Å². The molecule has 0 aliphatic heterocycles. The maximum atomic E-state index is 2.40. The van der Waals surface area contributed by atoms with Crippen LogP contribution in [0.25, 0.3) is 10.9 Å². The van der Waals surface area contributed by atoms with Crippen LogP contribution < -0.4 is 0 Å². The van der Waals surface area contributed by atoms with Crippen molar-refractivity contribution in [2.45, 2.75) is 52.5 Å². The zero-order valence-electron chi connectivity index (χ0n) is 11.1. The lowest BCUT2D eigenvalue weighted by molar-refractivity contribution is 0.577. The molecule has 1 aromatic heterocycles. The first-order valence-electron chi connectivity index (χ1n) is 6.87. The number of hydrogen-bond acceptors (Lipinski definition) is 0. The Morgan fingerprint density at radius 3 is 2.65 bits per heavy atom. The molecule has 2 rings (SSSR count). The number of aromatic nitrogens is 1. The lowest BCUT2D eigenvalue weighted by atomic mass is 10.1. The zero-order valence-corrected chi connectivity index (χ0v) is 11.1. The highest BCUT2D eigenvalue weighted by Crippen LogP contribution is 2.18. The summed E-state index contributed by atoms with van der Waals surface area (Å²) in [7, 11) is 0. The van der Waals surface area contributed by atoms with Crippen LogP contribution in [-0.4, -0.2) is 4.57 Å². The van der Waals surface area contributed by atoms with Gasteiger partial charge in [0.05, 0.1) is 0 Å². The van der Waals surface area contributed by atoms with Crippen molar-refractivity contribution in [1.82, 2.24) is 4.57 Å². The average Bonchev–Trinajstić information content (AvgIpc) is 2.72. The van der Waals surface area contributed by atoms with Gasteiger partial charge in [0.1, 0.15) is 0 Å². The summed E-state index contributed by atoms with van der Waals surface area (Å²) in [5, 5.41) is 1.36. The van der Waals surface area contributed by atoms with Crippen LogP contribution in [0.4, 0.5) is 0 Å². The minimum atomic E-state index is 1.16. The minimum absolute atomic E-state index is 1.16. The lowest BCUT2D eigenvalue weighted by Gasteiger charge is -2.05. The molecule has 2 aromatic rings. The standard InChI is InChI=1S/C16H23N/c1-3-4-5-6-7-11-17-12-10-15-9-8-14(2)13-16(15)17/h8-10,12-13H,3-7,11H2,1-2H3. The highest BCUT2D eigenvalue weighted by atomic mass is 14.9. The largest absolute Gasteiger partial charge is 0.347 e. The van der Waals surface area contributed by atoms with Gasteiger partial charge in [0.25, 0.3) is 0 Å². The molecular formula is C16H23N. The fourth-order valence-electron chi connectivity index (χ4n) is 2.37. The number of unbranched alkanes of at least 4 members (excludes halogenated alkanes) is 4. The Morgan fingerprint density at radius 2 is 1.82 bits per heavy atom. The summed E-state index contributed by atoms with van der Waals surface area (Å²) in [6, 6.07) is 8.92. The Balaban J connectivity index is 1.96. The number of aryl methyl sites for hydroxylation is 2. The van der Waals surface area contributed by atoms with E-state index in [-0.39, 0.29) is 0 Å². The van der Waals surface area contributed by atoms with Crippen molar-refractivity contribution < 1.29 is 0 Å². The second-order valence-electron chi connectivity index (χ2n) is 4.99. The van der Waals surface area contributed by atoms with E-state index in [2.05, 4.69) is 48.9 Å². The highest BCUT2D eigenvalue weighted by Gasteiger charge is 2.00. The summed E-state index contributed by atoms with van der Waals surface area (Å²) in [5.41, 5.74) is 2.74. The van der Waals surface area contributed by atoms with Crippen molar-refractivity contribution in [3.8, 4) is 0 Å². The Labute approximate surface area is 104 Å². The molecule has 1 nitrogen and oxygen atoms in total. The van der Waals surface area contributed by atoms with E-state index >= 15 is 0 Å². The predicted octanol–water partition coefficient (Wildman–Crippen LogP) is 4.92. The molecule has 1 heteroatoms. The molecule has 0 fully saturated rings. The molecule has 0 amide bonds. The maximum Gasteiger partial charge on any atom is 0.0482 e. The zero-order chi connectivity index (χ0) is 12.1. The lowest BCUT2D eigenvalue weighted by Crippen LogP contribution is -1.96. The van der Waals surface area contributed by atoms with Crippen LogP contribution in [0.3, 0.4) is 0 Å². The third-order valence-electron chi connectivity index (χ3n) is 3.43. The van der Waals surface area contributed by atoms with Gasteiger partial charge < -0.3 is 4.57 Å². The summed E-state index contributed by atoms with van der Waals surface area (Å²) in [5.74, 6) is 0. The number of fused-ring (bicyclic) bond motifs is 1. The van der Waals surface area contributed by atoms with Gasteiger partial charge in [0.15, 0.2) is 0 Å². The normalized spacial score (nSPS) is 11.2. The van der Waals surface area contributed by atoms with Crippen molar-refractivity contribution in [3.63, 3.8) is 0 Å². The van der Waals surface area contributed by atoms with Gasteiger partial charge in [0, 0.05) is 18.3 Å². The molecule has 0 aliphatic rings. The molecule has 1 aromatic carbocycles. The molecule has 0 unspecified atom stereocenters. The van der Waals surface area contributed by atoms with Crippen LogP contribution in [0.2, 0.25) is 0 Å². The molecule has 0 aliphatic carbocycles. The van der Waals surface area contributed by atoms with Gasteiger partial charge in [-0.2, -0.15) is 0 Å². The van der Waals surface area contributed by atoms with E-state index in [1.165, 1.54) is 48.6 Å². The summed E-state index contributed by atoms with van der Waals surface area (Å²) >= 11 is 0. The van der Waals surface area contributed by atoms with Crippen LogP contribution in [0, 0.1) is 6.92 Å². The van der Waals surface area contributed by atoms with Gasteiger partial charge in [-0.25, -0.2) is 0 Å². The van der Waals surface area contributed by atoms with Crippen molar-refractivity contribution in [2.24, 2.45) is 0 Å².